The fourth-order valence-corrected chi connectivity index (χ4v) is 0.964. The topological polar surface area (TPSA) is 89.9 Å². The number of aliphatic carboxylic acids is 1. The Bertz CT molecular complexity index is 173. The molecule has 11 heavy (non-hydrogen) atoms. The van der Waals surface area contributed by atoms with E-state index in [2.05, 4.69) is 5.32 Å². The van der Waals surface area contributed by atoms with Gasteiger partial charge in [0.05, 0.1) is 6.67 Å². The van der Waals surface area contributed by atoms with Crippen molar-refractivity contribution in [1.29, 1.82) is 0 Å². The Morgan fingerprint density at radius 1 is 1.45 bits per heavy atom. The van der Waals surface area contributed by atoms with E-state index in [1.54, 1.807) is 0 Å². The molecule has 1 atom stereocenters. The van der Waals surface area contributed by atoms with Crippen LogP contribution in [0.1, 0.15) is 0 Å². The largest absolute Gasteiger partial charge is 0.480 e. The number of hydrogen-bond donors (Lipinski definition) is 3. The predicted octanol–water partition coefficient (Wildman–Crippen LogP) is -1.02. The van der Waals surface area contributed by atoms with Crippen molar-refractivity contribution in [1.82, 2.24) is 10.2 Å². The lowest BCUT2D eigenvalue weighted by molar-refractivity contribution is -0.141. The van der Waals surface area contributed by atoms with Crippen LogP contribution in [0.5, 0.6) is 0 Å². The van der Waals surface area contributed by atoms with Gasteiger partial charge in [0, 0.05) is 6.54 Å². The maximum Gasteiger partial charge on any atom is 0.409 e. The molecule has 1 saturated heterocycles. The summed E-state index contributed by atoms with van der Waals surface area (Å²) in [5, 5.41) is 19.6. The summed E-state index contributed by atoms with van der Waals surface area (Å²) in [5.41, 5.74) is 0. The molecular weight excluding hydrogens is 152 g/mol. The van der Waals surface area contributed by atoms with Crippen LogP contribution in [0, 0.1) is 0 Å². The zero-order chi connectivity index (χ0) is 8.43. The molecule has 0 aliphatic carbocycles. The zero-order valence-corrected chi connectivity index (χ0v) is 5.65. The van der Waals surface area contributed by atoms with Crippen molar-refractivity contribution in [2.75, 3.05) is 13.2 Å². The Labute approximate surface area is 62.4 Å². The number of hydrogen-bond acceptors (Lipinski definition) is 3. The lowest BCUT2D eigenvalue weighted by atomic mass is 10.3. The van der Waals surface area contributed by atoms with Crippen LogP contribution in [0.25, 0.3) is 0 Å². The molecular formula is C5H8N2O4. The summed E-state index contributed by atoms with van der Waals surface area (Å²) in [6, 6.07) is -0.938. The van der Waals surface area contributed by atoms with Gasteiger partial charge in [0.2, 0.25) is 0 Å². The minimum atomic E-state index is -1.21. The Balaban J connectivity index is 2.65. The molecule has 0 aromatic carbocycles. The van der Waals surface area contributed by atoms with E-state index in [-0.39, 0.29) is 13.2 Å². The third-order valence-electron chi connectivity index (χ3n) is 1.53. The van der Waals surface area contributed by atoms with Crippen LogP contribution in [-0.2, 0) is 4.79 Å². The standard InChI is InChI=1S/C5H8N2O4/c8-4(9)3-1-6-2-7(3)5(10)11/h3,6H,1-2H2,(H,8,9)(H,10,11). The van der Waals surface area contributed by atoms with E-state index in [9.17, 15) is 9.59 Å². The number of rotatable bonds is 1. The van der Waals surface area contributed by atoms with Gasteiger partial charge in [-0.3, -0.25) is 10.2 Å². The maximum absolute atomic E-state index is 10.4. The Morgan fingerprint density at radius 2 is 2.09 bits per heavy atom. The molecule has 0 radical (unpaired) electrons. The van der Waals surface area contributed by atoms with Crippen molar-refractivity contribution in [3.8, 4) is 0 Å². The van der Waals surface area contributed by atoms with Gasteiger partial charge in [0.15, 0.2) is 0 Å². The van der Waals surface area contributed by atoms with Crippen molar-refractivity contribution in [3.63, 3.8) is 0 Å². The first-order valence-corrected chi connectivity index (χ1v) is 3.06. The second-order valence-corrected chi connectivity index (χ2v) is 2.22. The lowest BCUT2D eigenvalue weighted by Crippen LogP contribution is -2.40. The monoisotopic (exact) mass is 160 g/mol. The van der Waals surface area contributed by atoms with E-state index in [1.807, 2.05) is 0 Å². The van der Waals surface area contributed by atoms with Gasteiger partial charge in [-0.2, -0.15) is 0 Å². The summed E-state index contributed by atoms with van der Waals surface area (Å²) in [6.45, 7) is 0.272. The summed E-state index contributed by atoms with van der Waals surface area (Å²) in [7, 11) is 0. The minimum Gasteiger partial charge on any atom is -0.480 e. The molecule has 1 aliphatic rings. The number of carboxylic acid groups (broad SMARTS) is 2. The maximum atomic E-state index is 10.4. The number of amides is 1. The quantitative estimate of drug-likeness (QED) is 0.456. The SMILES string of the molecule is O=C(O)C1CNCN1C(=O)O. The van der Waals surface area contributed by atoms with Crippen LogP contribution < -0.4 is 5.32 Å². The van der Waals surface area contributed by atoms with Crippen LogP contribution in [0.15, 0.2) is 0 Å². The van der Waals surface area contributed by atoms with Gasteiger partial charge < -0.3 is 10.2 Å². The molecule has 1 amide bonds. The fraction of sp³-hybridized carbons (Fsp3) is 0.600. The molecule has 0 saturated carbocycles. The van der Waals surface area contributed by atoms with Gasteiger partial charge in [0.1, 0.15) is 6.04 Å². The Hall–Kier alpha value is -1.30. The molecule has 0 bridgehead atoms. The first-order valence-electron chi connectivity index (χ1n) is 3.06. The van der Waals surface area contributed by atoms with Crippen molar-refractivity contribution in [3.05, 3.63) is 0 Å². The highest BCUT2D eigenvalue weighted by Crippen LogP contribution is 2.04. The third-order valence-corrected chi connectivity index (χ3v) is 1.53. The summed E-state index contributed by atoms with van der Waals surface area (Å²) in [5.74, 6) is -1.11. The van der Waals surface area contributed by atoms with Crippen LogP contribution in [0.2, 0.25) is 0 Å². The van der Waals surface area contributed by atoms with Gasteiger partial charge >= 0.3 is 12.1 Å². The van der Waals surface area contributed by atoms with Crippen molar-refractivity contribution >= 4 is 12.1 Å². The molecule has 6 heteroatoms. The smallest absolute Gasteiger partial charge is 0.409 e. The lowest BCUT2D eigenvalue weighted by Gasteiger charge is -2.15. The molecule has 0 spiro atoms. The molecule has 1 unspecified atom stereocenters. The number of nitrogens with zero attached hydrogens (tertiary/aromatic N) is 1. The number of carboxylic acids is 1. The Morgan fingerprint density at radius 3 is 2.45 bits per heavy atom. The van der Waals surface area contributed by atoms with Crippen molar-refractivity contribution < 1.29 is 19.8 Å². The molecule has 3 N–H and O–H groups in total. The second kappa shape index (κ2) is 2.75. The van der Waals surface area contributed by atoms with E-state index >= 15 is 0 Å². The molecule has 1 aliphatic heterocycles. The van der Waals surface area contributed by atoms with Crippen molar-refractivity contribution in [2.45, 2.75) is 6.04 Å². The van der Waals surface area contributed by atoms with E-state index in [4.69, 9.17) is 10.2 Å². The molecule has 1 fully saturated rings. The van der Waals surface area contributed by atoms with Gasteiger partial charge in [0.25, 0.3) is 0 Å². The van der Waals surface area contributed by atoms with E-state index < -0.39 is 18.1 Å². The van der Waals surface area contributed by atoms with Crippen LogP contribution in [0.3, 0.4) is 0 Å². The summed E-state index contributed by atoms with van der Waals surface area (Å²) >= 11 is 0. The second-order valence-electron chi connectivity index (χ2n) is 2.22. The van der Waals surface area contributed by atoms with Crippen LogP contribution >= 0.6 is 0 Å². The van der Waals surface area contributed by atoms with Gasteiger partial charge in [-0.15, -0.1) is 0 Å². The summed E-state index contributed by atoms with van der Waals surface area (Å²) in [4.78, 5) is 21.6. The van der Waals surface area contributed by atoms with Crippen molar-refractivity contribution in [2.24, 2.45) is 0 Å². The first kappa shape index (κ1) is 7.80. The third kappa shape index (κ3) is 1.40. The highest BCUT2D eigenvalue weighted by atomic mass is 16.4. The highest BCUT2D eigenvalue weighted by molar-refractivity contribution is 5.80. The fourth-order valence-electron chi connectivity index (χ4n) is 0.964. The molecule has 62 valence electrons. The van der Waals surface area contributed by atoms with E-state index in [0.717, 1.165) is 4.90 Å². The highest BCUT2D eigenvalue weighted by Gasteiger charge is 2.33. The molecule has 0 aromatic heterocycles. The molecule has 0 aromatic rings. The first-order chi connectivity index (χ1) is 5.13. The summed E-state index contributed by atoms with van der Waals surface area (Å²) < 4.78 is 0. The summed E-state index contributed by atoms with van der Waals surface area (Å²) in [6.07, 6.45) is -1.21. The Kier molecular flexibility index (Phi) is 1.95. The average Bonchev–Trinajstić information content (AvgIpc) is 2.32. The van der Waals surface area contributed by atoms with Gasteiger partial charge in [-0.05, 0) is 0 Å². The van der Waals surface area contributed by atoms with Gasteiger partial charge in [-0.1, -0.05) is 0 Å². The normalized spacial score (nSPS) is 23.6. The van der Waals surface area contributed by atoms with Crippen LogP contribution in [0.4, 0.5) is 4.79 Å². The van der Waals surface area contributed by atoms with Crippen LogP contribution in [-0.4, -0.2) is 46.4 Å². The predicted molar refractivity (Wildman–Crippen MR) is 34.2 cm³/mol. The molecule has 1 rings (SSSR count). The number of carbonyl (C=O) groups is 2. The molecule has 6 nitrogen and oxygen atoms in total. The molecule has 1 heterocycles. The zero-order valence-electron chi connectivity index (χ0n) is 5.65. The number of nitrogens with one attached hydrogen (secondary N) is 1. The average molecular weight is 160 g/mol. The van der Waals surface area contributed by atoms with E-state index in [1.165, 1.54) is 0 Å². The van der Waals surface area contributed by atoms with E-state index in [0.29, 0.717) is 0 Å². The minimum absolute atomic E-state index is 0.0896. The van der Waals surface area contributed by atoms with Gasteiger partial charge in [-0.25, -0.2) is 9.59 Å².